The first kappa shape index (κ1) is 14.0. The van der Waals surface area contributed by atoms with Crippen molar-refractivity contribution in [3.8, 4) is 10.6 Å². The first-order valence-corrected chi connectivity index (χ1v) is 9.12. The van der Waals surface area contributed by atoms with E-state index in [0.717, 1.165) is 10.7 Å². The van der Waals surface area contributed by atoms with Crippen LogP contribution in [0.3, 0.4) is 0 Å². The summed E-state index contributed by atoms with van der Waals surface area (Å²) in [7, 11) is -2.51. The van der Waals surface area contributed by atoms with E-state index in [1.165, 1.54) is 17.4 Å². The fourth-order valence-corrected chi connectivity index (χ4v) is 3.34. The van der Waals surface area contributed by atoms with Crippen LogP contribution < -0.4 is 5.30 Å². The van der Waals surface area contributed by atoms with Gasteiger partial charge in [0.15, 0.2) is 0 Å². The Bertz CT molecular complexity index is 687. The topological polar surface area (TPSA) is 67.3 Å². The van der Waals surface area contributed by atoms with Crippen molar-refractivity contribution in [1.29, 1.82) is 0 Å². The van der Waals surface area contributed by atoms with E-state index in [4.69, 9.17) is 5.11 Å². The molecule has 0 atom stereocenters. The van der Waals surface area contributed by atoms with E-state index in [-0.39, 0.29) is 5.56 Å². The van der Waals surface area contributed by atoms with Crippen LogP contribution >= 0.6 is 18.5 Å². The van der Waals surface area contributed by atoms with E-state index >= 15 is 0 Å². The SMILES string of the molecule is Cc1csc(-c2cc(C(=O)O)cc(P(C)(C)=O)c2)n1. The van der Waals surface area contributed by atoms with Gasteiger partial charge in [-0.1, -0.05) is 0 Å². The predicted octanol–water partition coefficient (Wildman–Crippen LogP) is 3.06. The molecule has 0 bridgehead atoms. The van der Waals surface area contributed by atoms with Crippen molar-refractivity contribution in [1.82, 2.24) is 4.98 Å². The van der Waals surface area contributed by atoms with Crippen molar-refractivity contribution >= 4 is 29.8 Å². The van der Waals surface area contributed by atoms with Crippen LogP contribution in [-0.2, 0) is 4.57 Å². The van der Waals surface area contributed by atoms with E-state index in [9.17, 15) is 9.36 Å². The molecule has 6 heteroatoms. The number of thiazole rings is 1. The van der Waals surface area contributed by atoms with Crippen LogP contribution in [0.5, 0.6) is 0 Å². The quantitative estimate of drug-likeness (QED) is 0.884. The normalized spacial score (nSPS) is 11.5. The molecule has 0 amide bonds. The van der Waals surface area contributed by atoms with E-state index < -0.39 is 13.1 Å². The second-order valence-corrected chi connectivity index (χ2v) is 8.79. The number of aryl methyl sites for hydroxylation is 1. The highest BCUT2D eigenvalue weighted by Crippen LogP contribution is 2.36. The molecule has 0 aliphatic rings. The summed E-state index contributed by atoms with van der Waals surface area (Å²) in [5.74, 6) is -1.02. The Kier molecular flexibility index (Phi) is 3.61. The first-order chi connectivity index (χ1) is 8.77. The summed E-state index contributed by atoms with van der Waals surface area (Å²) < 4.78 is 12.2. The number of carboxylic acid groups (broad SMARTS) is 1. The Morgan fingerprint density at radius 2 is 2.00 bits per heavy atom. The summed E-state index contributed by atoms with van der Waals surface area (Å²) in [4.78, 5) is 15.5. The largest absolute Gasteiger partial charge is 0.478 e. The van der Waals surface area contributed by atoms with Crippen LogP contribution in [0.2, 0.25) is 0 Å². The molecule has 0 spiro atoms. The third-order valence-electron chi connectivity index (χ3n) is 2.65. The molecular formula is C13H14NO3PS. The smallest absolute Gasteiger partial charge is 0.335 e. The van der Waals surface area contributed by atoms with Gasteiger partial charge in [-0.3, -0.25) is 0 Å². The number of aromatic nitrogens is 1. The molecule has 1 heterocycles. The van der Waals surface area contributed by atoms with E-state index in [2.05, 4.69) is 4.98 Å². The summed E-state index contributed by atoms with van der Waals surface area (Å²) in [6.07, 6.45) is 0. The average Bonchev–Trinajstić information content (AvgIpc) is 2.74. The molecule has 1 aromatic heterocycles. The van der Waals surface area contributed by atoms with Gasteiger partial charge in [0.2, 0.25) is 0 Å². The highest BCUT2D eigenvalue weighted by Gasteiger charge is 2.17. The van der Waals surface area contributed by atoms with Gasteiger partial charge in [-0.15, -0.1) is 11.3 Å². The molecule has 2 aromatic rings. The van der Waals surface area contributed by atoms with E-state index in [0.29, 0.717) is 10.9 Å². The van der Waals surface area contributed by atoms with Gasteiger partial charge in [0.25, 0.3) is 0 Å². The average molecular weight is 295 g/mol. The van der Waals surface area contributed by atoms with Crippen molar-refractivity contribution in [2.45, 2.75) is 6.92 Å². The minimum absolute atomic E-state index is 0.143. The van der Waals surface area contributed by atoms with Gasteiger partial charge in [-0.25, -0.2) is 9.78 Å². The third-order valence-corrected chi connectivity index (χ3v) is 5.16. The Hall–Kier alpha value is -1.45. The molecule has 1 N–H and O–H groups in total. The lowest BCUT2D eigenvalue weighted by Crippen LogP contribution is -2.08. The lowest BCUT2D eigenvalue weighted by Gasteiger charge is -2.10. The summed E-state index contributed by atoms with van der Waals surface area (Å²) in [6.45, 7) is 5.14. The molecule has 1 aromatic carbocycles. The molecule has 0 saturated heterocycles. The van der Waals surface area contributed by atoms with Crippen molar-refractivity contribution < 1.29 is 14.5 Å². The molecular weight excluding hydrogens is 281 g/mol. The second kappa shape index (κ2) is 4.91. The summed E-state index contributed by atoms with van der Waals surface area (Å²) in [6, 6.07) is 4.82. The van der Waals surface area contributed by atoms with E-state index in [1.54, 1.807) is 25.5 Å². The summed E-state index contributed by atoms with van der Waals surface area (Å²) in [5.41, 5.74) is 1.74. The minimum atomic E-state index is -2.51. The monoisotopic (exact) mass is 295 g/mol. The van der Waals surface area contributed by atoms with Gasteiger partial charge < -0.3 is 9.67 Å². The van der Waals surface area contributed by atoms with Crippen LogP contribution in [0, 0.1) is 6.92 Å². The summed E-state index contributed by atoms with van der Waals surface area (Å²) >= 11 is 1.45. The van der Waals surface area contributed by atoms with Crippen LogP contribution in [0.25, 0.3) is 10.6 Å². The highest BCUT2D eigenvalue weighted by atomic mass is 32.1. The Morgan fingerprint density at radius 3 is 2.47 bits per heavy atom. The number of aromatic carboxylic acids is 1. The van der Waals surface area contributed by atoms with Crippen molar-refractivity contribution in [2.75, 3.05) is 13.3 Å². The molecule has 0 saturated carbocycles. The van der Waals surface area contributed by atoms with Crippen molar-refractivity contribution in [3.05, 3.63) is 34.8 Å². The van der Waals surface area contributed by atoms with Crippen molar-refractivity contribution in [2.24, 2.45) is 0 Å². The zero-order valence-electron chi connectivity index (χ0n) is 10.9. The number of hydrogen-bond donors (Lipinski definition) is 1. The maximum atomic E-state index is 12.2. The molecule has 4 nitrogen and oxygen atoms in total. The van der Waals surface area contributed by atoms with Gasteiger partial charge in [-0.2, -0.15) is 0 Å². The van der Waals surface area contributed by atoms with Gasteiger partial charge in [-0.05, 0) is 38.5 Å². The highest BCUT2D eigenvalue weighted by molar-refractivity contribution is 7.70. The lowest BCUT2D eigenvalue weighted by atomic mass is 10.1. The van der Waals surface area contributed by atoms with Gasteiger partial charge in [0.1, 0.15) is 12.1 Å². The lowest BCUT2D eigenvalue weighted by molar-refractivity contribution is 0.0697. The molecule has 100 valence electrons. The Balaban J connectivity index is 2.64. The maximum absolute atomic E-state index is 12.2. The van der Waals surface area contributed by atoms with Crippen LogP contribution in [0.15, 0.2) is 23.6 Å². The van der Waals surface area contributed by atoms with Gasteiger partial charge >= 0.3 is 5.97 Å². The molecule has 0 unspecified atom stereocenters. The fourth-order valence-electron chi connectivity index (χ4n) is 1.66. The number of hydrogen-bond acceptors (Lipinski definition) is 4. The van der Waals surface area contributed by atoms with Gasteiger partial charge in [0.05, 0.1) is 5.56 Å². The maximum Gasteiger partial charge on any atom is 0.335 e. The molecule has 0 fully saturated rings. The fraction of sp³-hybridized carbons (Fsp3) is 0.231. The standard InChI is InChI=1S/C13H14NO3PS/c1-8-7-19-12(14-8)9-4-10(13(15)16)6-11(5-9)18(2,3)17/h4-7H,1-3H3,(H,15,16). The van der Waals surface area contributed by atoms with Crippen LogP contribution in [0.4, 0.5) is 0 Å². The Labute approximate surface area is 115 Å². The number of nitrogens with zero attached hydrogens (tertiary/aromatic N) is 1. The van der Waals surface area contributed by atoms with Crippen LogP contribution in [0.1, 0.15) is 16.1 Å². The first-order valence-electron chi connectivity index (χ1n) is 5.64. The number of carboxylic acids is 1. The molecule has 0 aliphatic heterocycles. The Morgan fingerprint density at radius 1 is 1.32 bits per heavy atom. The van der Waals surface area contributed by atoms with Crippen molar-refractivity contribution in [3.63, 3.8) is 0 Å². The van der Waals surface area contributed by atoms with E-state index in [1.807, 2.05) is 12.3 Å². The zero-order valence-corrected chi connectivity index (χ0v) is 12.6. The minimum Gasteiger partial charge on any atom is -0.478 e. The summed E-state index contributed by atoms with van der Waals surface area (Å²) in [5, 5.41) is 12.4. The number of benzene rings is 1. The zero-order chi connectivity index (χ0) is 14.2. The third kappa shape index (κ3) is 3.11. The molecule has 0 radical (unpaired) electrons. The molecule has 0 aliphatic carbocycles. The number of rotatable bonds is 3. The molecule has 2 rings (SSSR count). The van der Waals surface area contributed by atoms with Gasteiger partial charge in [0, 0.05) is 21.9 Å². The number of carbonyl (C=O) groups is 1. The molecule has 19 heavy (non-hydrogen) atoms. The van der Waals surface area contributed by atoms with Crippen LogP contribution in [-0.4, -0.2) is 29.4 Å². The second-order valence-electron chi connectivity index (χ2n) is 4.72. The predicted molar refractivity (Wildman–Crippen MR) is 78.3 cm³/mol.